The van der Waals surface area contributed by atoms with E-state index in [1.165, 1.54) is 10.7 Å². The van der Waals surface area contributed by atoms with Crippen molar-refractivity contribution in [2.45, 2.75) is 13.0 Å². The van der Waals surface area contributed by atoms with Crippen LogP contribution >= 0.6 is 0 Å². The summed E-state index contributed by atoms with van der Waals surface area (Å²) in [6.45, 7) is 4.31. The molecular weight excluding hydrogens is 394 g/mol. The Morgan fingerprint density at radius 3 is 2.58 bits per heavy atom. The van der Waals surface area contributed by atoms with Crippen molar-refractivity contribution >= 4 is 11.6 Å². The number of hydrogen-bond acceptors (Lipinski definition) is 6. The minimum atomic E-state index is -0.688. The Kier molecular flexibility index (Phi) is 5.97. The highest BCUT2D eigenvalue weighted by Crippen LogP contribution is 2.23. The molecule has 8 nitrogen and oxygen atoms in total. The maximum atomic E-state index is 13.1. The molecule has 1 amide bonds. The summed E-state index contributed by atoms with van der Waals surface area (Å²) in [7, 11) is 1.65. The van der Waals surface area contributed by atoms with Crippen LogP contribution in [0.2, 0.25) is 0 Å². The van der Waals surface area contributed by atoms with Crippen LogP contribution in [0.15, 0.2) is 65.7 Å². The Morgan fingerprint density at radius 2 is 1.87 bits per heavy atom. The van der Waals surface area contributed by atoms with Crippen molar-refractivity contribution in [1.82, 2.24) is 19.7 Å². The van der Waals surface area contributed by atoms with Crippen LogP contribution in [0.5, 0.6) is 5.75 Å². The monoisotopic (exact) mass is 419 g/mol. The molecule has 2 aromatic heterocycles. The SMILES string of the molecule is COc1cccc(N2CCN(C(=O)C(C)n3nc(-c4cccnc4)ccc3=O)CC2)c1. The predicted molar refractivity (Wildman–Crippen MR) is 118 cm³/mol. The molecule has 1 aliphatic heterocycles. The van der Waals surface area contributed by atoms with Gasteiger partial charge < -0.3 is 14.5 Å². The number of carbonyl (C=O) groups is 1. The molecule has 160 valence electrons. The van der Waals surface area contributed by atoms with Crippen LogP contribution in [0.25, 0.3) is 11.3 Å². The van der Waals surface area contributed by atoms with Gasteiger partial charge in [0.1, 0.15) is 11.8 Å². The molecule has 0 spiro atoms. The summed E-state index contributed by atoms with van der Waals surface area (Å²) in [4.78, 5) is 33.7. The number of aromatic nitrogens is 3. The van der Waals surface area contributed by atoms with Gasteiger partial charge in [0.2, 0.25) is 5.91 Å². The van der Waals surface area contributed by atoms with E-state index in [4.69, 9.17) is 4.74 Å². The van der Waals surface area contributed by atoms with Gasteiger partial charge in [0.15, 0.2) is 0 Å². The topological polar surface area (TPSA) is 80.6 Å². The van der Waals surface area contributed by atoms with Gasteiger partial charge in [-0.3, -0.25) is 14.6 Å². The third-order valence-corrected chi connectivity index (χ3v) is 5.52. The Morgan fingerprint density at radius 1 is 1.06 bits per heavy atom. The average molecular weight is 419 g/mol. The van der Waals surface area contributed by atoms with E-state index in [2.05, 4.69) is 15.0 Å². The second kappa shape index (κ2) is 8.99. The average Bonchev–Trinajstić information content (AvgIpc) is 2.84. The first kappa shape index (κ1) is 20.6. The Labute approximate surface area is 180 Å². The third-order valence-electron chi connectivity index (χ3n) is 5.52. The van der Waals surface area contributed by atoms with Crippen LogP contribution in [0.4, 0.5) is 5.69 Å². The minimum Gasteiger partial charge on any atom is -0.497 e. The Hall–Kier alpha value is -3.68. The Bertz CT molecular complexity index is 1110. The van der Waals surface area contributed by atoms with Gasteiger partial charge in [0.25, 0.3) is 5.56 Å². The van der Waals surface area contributed by atoms with Crippen molar-refractivity contribution in [2.24, 2.45) is 0 Å². The number of benzene rings is 1. The summed E-state index contributed by atoms with van der Waals surface area (Å²) in [5.41, 5.74) is 2.17. The molecule has 0 bridgehead atoms. The number of amides is 1. The molecule has 0 saturated carbocycles. The van der Waals surface area contributed by atoms with Crippen molar-refractivity contribution in [3.63, 3.8) is 0 Å². The summed E-state index contributed by atoms with van der Waals surface area (Å²) < 4.78 is 6.57. The fourth-order valence-corrected chi connectivity index (χ4v) is 3.73. The van der Waals surface area contributed by atoms with Gasteiger partial charge in [-0.25, -0.2) is 4.68 Å². The zero-order valence-corrected chi connectivity index (χ0v) is 17.6. The number of anilines is 1. The third kappa shape index (κ3) is 4.42. The van der Waals surface area contributed by atoms with Gasteiger partial charge >= 0.3 is 0 Å². The van der Waals surface area contributed by atoms with E-state index in [1.54, 1.807) is 37.4 Å². The van der Waals surface area contributed by atoms with E-state index in [9.17, 15) is 9.59 Å². The summed E-state index contributed by atoms with van der Waals surface area (Å²) >= 11 is 0. The second-order valence-corrected chi connectivity index (χ2v) is 7.43. The molecule has 1 aromatic carbocycles. The van der Waals surface area contributed by atoms with Crippen LogP contribution in [0.3, 0.4) is 0 Å². The maximum Gasteiger partial charge on any atom is 0.267 e. The molecule has 4 rings (SSSR count). The molecule has 3 aromatic rings. The molecule has 1 fully saturated rings. The van der Waals surface area contributed by atoms with E-state index < -0.39 is 6.04 Å². The highest BCUT2D eigenvalue weighted by molar-refractivity contribution is 5.80. The van der Waals surface area contributed by atoms with Gasteiger partial charge in [-0.1, -0.05) is 6.07 Å². The van der Waals surface area contributed by atoms with Gasteiger partial charge in [-0.2, -0.15) is 5.10 Å². The fourth-order valence-electron chi connectivity index (χ4n) is 3.73. The molecule has 0 N–H and O–H groups in total. The fraction of sp³-hybridized carbons (Fsp3) is 0.304. The van der Waals surface area contributed by atoms with Gasteiger partial charge in [0.05, 0.1) is 12.8 Å². The number of ether oxygens (including phenoxy) is 1. The number of rotatable bonds is 5. The number of pyridine rings is 1. The van der Waals surface area contributed by atoms with Crippen molar-refractivity contribution in [3.05, 3.63) is 71.3 Å². The minimum absolute atomic E-state index is 0.108. The van der Waals surface area contributed by atoms with E-state index in [0.29, 0.717) is 31.9 Å². The largest absolute Gasteiger partial charge is 0.497 e. The number of nitrogens with zero attached hydrogens (tertiary/aromatic N) is 5. The van der Waals surface area contributed by atoms with Crippen LogP contribution < -0.4 is 15.2 Å². The standard InChI is InChI=1S/C23H25N5O3/c1-17(28-22(29)9-8-21(25-28)18-5-4-10-24-16-18)23(30)27-13-11-26(12-14-27)19-6-3-7-20(15-19)31-2/h3-10,15-17H,11-14H2,1-2H3. The molecule has 3 heterocycles. The van der Waals surface area contributed by atoms with E-state index in [-0.39, 0.29) is 11.5 Å². The molecule has 31 heavy (non-hydrogen) atoms. The smallest absolute Gasteiger partial charge is 0.267 e. The lowest BCUT2D eigenvalue weighted by Crippen LogP contribution is -2.51. The van der Waals surface area contributed by atoms with E-state index in [0.717, 1.165) is 17.0 Å². The normalized spacial score (nSPS) is 14.9. The van der Waals surface area contributed by atoms with Gasteiger partial charge in [-0.05, 0) is 37.3 Å². The van der Waals surface area contributed by atoms with Crippen molar-refractivity contribution in [2.75, 3.05) is 38.2 Å². The summed E-state index contributed by atoms with van der Waals surface area (Å²) in [6.07, 6.45) is 3.36. The van der Waals surface area contributed by atoms with E-state index in [1.807, 2.05) is 36.4 Å². The summed E-state index contributed by atoms with van der Waals surface area (Å²) in [5, 5.41) is 4.43. The lowest BCUT2D eigenvalue weighted by Gasteiger charge is -2.37. The highest BCUT2D eigenvalue weighted by atomic mass is 16.5. The quantitative estimate of drug-likeness (QED) is 0.631. The number of piperazine rings is 1. The molecule has 1 saturated heterocycles. The molecule has 1 atom stereocenters. The lowest BCUT2D eigenvalue weighted by molar-refractivity contribution is -0.135. The number of hydrogen-bond donors (Lipinski definition) is 0. The van der Waals surface area contributed by atoms with Crippen molar-refractivity contribution < 1.29 is 9.53 Å². The molecule has 8 heteroatoms. The first-order chi connectivity index (χ1) is 15.1. The van der Waals surface area contributed by atoms with Crippen LogP contribution in [0, 0.1) is 0 Å². The predicted octanol–water partition coefficient (Wildman–Crippen LogP) is 2.22. The highest BCUT2D eigenvalue weighted by Gasteiger charge is 2.27. The van der Waals surface area contributed by atoms with Gasteiger partial charge in [-0.15, -0.1) is 0 Å². The maximum absolute atomic E-state index is 13.1. The molecule has 1 aliphatic rings. The van der Waals surface area contributed by atoms with Crippen LogP contribution in [-0.2, 0) is 4.79 Å². The summed E-state index contributed by atoms with van der Waals surface area (Å²) in [6, 6.07) is 14.0. The molecule has 1 unspecified atom stereocenters. The van der Waals surface area contributed by atoms with Crippen LogP contribution in [0.1, 0.15) is 13.0 Å². The van der Waals surface area contributed by atoms with E-state index >= 15 is 0 Å². The van der Waals surface area contributed by atoms with Crippen LogP contribution in [-0.4, -0.2) is 58.9 Å². The number of carbonyl (C=O) groups excluding carboxylic acids is 1. The molecule has 0 aliphatic carbocycles. The van der Waals surface area contributed by atoms with Crippen molar-refractivity contribution in [3.8, 4) is 17.0 Å². The zero-order chi connectivity index (χ0) is 21.8. The zero-order valence-electron chi connectivity index (χ0n) is 17.6. The first-order valence-corrected chi connectivity index (χ1v) is 10.2. The van der Waals surface area contributed by atoms with Crippen molar-refractivity contribution in [1.29, 1.82) is 0 Å². The Balaban J connectivity index is 1.46. The molecule has 0 radical (unpaired) electrons. The number of methoxy groups -OCH3 is 1. The summed E-state index contributed by atoms with van der Waals surface area (Å²) in [5.74, 6) is 0.701. The molecular formula is C23H25N5O3. The first-order valence-electron chi connectivity index (χ1n) is 10.2. The lowest BCUT2D eigenvalue weighted by atomic mass is 10.2. The second-order valence-electron chi connectivity index (χ2n) is 7.43. The van der Waals surface area contributed by atoms with Gasteiger partial charge in [0, 0.05) is 62.0 Å².